The molecule has 0 radical (unpaired) electrons. The minimum atomic E-state index is -0.966. The number of halogens is 1. The van der Waals surface area contributed by atoms with Gasteiger partial charge in [0.25, 0.3) is 0 Å². The molecule has 0 bridgehead atoms. The van der Waals surface area contributed by atoms with Crippen molar-refractivity contribution < 1.29 is 9.13 Å². The minimum Gasteiger partial charge on any atom is -0.375 e. The predicted molar refractivity (Wildman–Crippen MR) is 70.4 cm³/mol. The molecule has 1 aliphatic carbocycles. The highest BCUT2D eigenvalue weighted by Crippen LogP contribution is 2.46. The molecular weight excluding hydrogens is 229 g/mol. The Balaban J connectivity index is 1.69. The number of rotatable bonds is 1. The molecule has 2 unspecified atom stereocenters. The van der Waals surface area contributed by atoms with Crippen molar-refractivity contribution in [3.05, 3.63) is 0 Å². The third kappa shape index (κ3) is 2.44. The third-order valence-electron chi connectivity index (χ3n) is 5.35. The molecule has 104 valence electrons. The van der Waals surface area contributed by atoms with Crippen molar-refractivity contribution >= 4 is 0 Å². The predicted octanol–water partition coefficient (Wildman–Crippen LogP) is 3.21. The second-order valence-electron chi connectivity index (χ2n) is 6.60. The molecule has 0 aromatic heterocycles. The van der Waals surface area contributed by atoms with Crippen molar-refractivity contribution in [2.45, 2.75) is 69.1 Å². The molecule has 3 aliphatic rings. The number of alkyl halides is 1. The standard InChI is InChI=1S/C15H26FNO/c16-15(8-4-9-17-12-15)13-5-10-18-14(11-13)6-2-1-3-7-14/h13,17H,1-12H2. The van der Waals surface area contributed by atoms with Crippen LogP contribution in [0.3, 0.4) is 0 Å². The quantitative estimate of drug-likeness (QED) is 0.777. The maximum Gasteiger partial charge on any atom is 0.126 e. The summed E-state index contributed by atoms with van der Waals surface area (Å²) < 4.78 is 21.2. The van der Waals surface area contributed by atoms with Crippen molar-refractivity contribution in [2.24, 2.45) is 5.92 Å². The first-order chi connectivity index (χ1) is 8.73. The summed E-state index contributed by atoms with van der Waals surface area (Å²) in [5.41, 5.74) is -0.926. The Kier molecular flexibility index (Phi) is 3.63. The molecule has 3 rings (SSSR count). The SMILES string of the molecule is FC1(C2CCOC3(CCCCC3)C2)CCCNC1. The first kappa shape index (κ1) is 12.9. The van der Waals surface area contributed by atoms with E-state index in [0.717, 1.165) is 51.7 Å². The largest absolute Gasteiger partial charge is 0.375 e. The number of piperidine rings is 1. The van der Waals surface area contributed by atoms with Crippen molar-refractivity contribution in [3.8, 4) is 0 Å². The zero-order valence-corrected chi connectivity index (χ0v) is 11.3. The van der Waals surface area contributed by atoms with Crippen LogP contribution >= 0.6 is 0 Å². The molecule has 0 aromatic carbocycles. The van der Waals surface area contributed by atoms with Crippen LogP contribution in [0, 0.1) is 5.92 Å². The lowest BCUT2D eigenvalue weighted by molar-refractivity contribution is -0.143. The van der Waals surface area contributed by atoms with Crippen LogP contribution in [0.1, 0.15) is 57.8 Å². The maximum atomic E-state index is 15.1. The van der Waals surface area contributed by atoms with E-state index in [4.69, 9.17) is 4.74 Å². The average molecular weight is 255 g/mol. The fourth-order valence-electron chi connectivity index (χ4n) is 4.25. The van der Waals surface area contributed by atoms with Gasteiger partial charge in [0.05, 0.1) is 5.60 Å². The molecule has 1 N–H and O–H groups in total. The number of nitrogens with one attached hydrogen (secondary N) is 1. The zero-order valence-electron chi connectivity index (χ0n) is 11.3. The summed E-state index contributed by atoms with van der Waals surface area (Å²) in [7, 11) is 0. The first-order valence-corrected chi connectivity index (χ1v) is 7.76. The number of hydrogen-bond acceptors (Lipinski definition) is 2. The van der Waals surface area contributed by atoms with E-state index in [1.54, 1.807) is 0 Å². The van der Waals surface area contributed by atoms with Crippen molar-refractivity contribution in [2.75, 3.05) is 19.7 Å². The average Bonchev–Trinajstić information content (AvgIpc) is 2.41. The van der Waals surface area contributed by atoms with E-state index in [0.29, 0.717) is 6.54 Å². The molecule has 2 saturated heterocycles. The van der Waals surface area contributed by atoms with Gasteiger partial charge in [-0.3, -0.25) is 0 Å². The fourth-order valence-corrected chi connectivity index (χ4v) is 4.25. The van der Waals surface area contributed by atoms with E-state index in [1.807, 2.05) is 0 Å². The lowest BCUT2D eigenvalue weighted by atomic mass is 9.70. The highest BCUT2D eigenvalue weighted by atomic mass is 19.1. The van der Waals surface area contributed by atoms with Gasteiger partial charge in [-0.1, -0.05) is 19.3 Å². The van der Waals surface area contributed by atoms with Gasteiger partial charge in [-0.2, -0.15) is 0 Å². The lowest BCUT2D eigenvalue weighted by Crippen LogP contribution is -2.53. The van der Waals surface area contributed by atoms with E-state index in [2.05, 4.69) is 5.32 Å². The normalized spacial score (nSPS) is 40.8. The summed E-state index contributed by atoms with van der Waals surface area (Å²) in [4.78, 5) is 0. The van der Waals surface area contributed by atoms with Gasteiger partial charge >= 0.3 is 0 Å². The van der Waals surface area contributed by atoms with Gasteiger partial charge in [-0.25, -0.2) is 4.39 Å². The molecule has 2 heterocycles. The topological polar surface area (TPSA) is 21.3 Å². The molecule has 1 saturated carbocycles. The molecule has 1 spiro atoms. The van der Waals surface area contributed by atoms with Gasteiger partial charge in [0.15, 0.2) is 0 Å². The number of hydrogen-bond donors (Lipinski definition) is 1. The Labute approximate surface area is 110 Å². The zero-order chi connectivity index (χ0) is 12.5. The Morgan fingerprint density at radius 2 is 1.89 bits per heavy atom. The number of ether oxygens (including phenoxy) is 1. The van der Waals surface area contributed by atoms with Crippen LogP contribution < -0.4 is 5.32 Å². The summed E-state index contributed by atoms with van der Waals surface area (Å²) in [6.45, 7) is 2.32. The molecule has 0 aromatic rings. The second kappa shape index (κ2) is 5.09. The minimum absolute atomic E-state index is 0.0394. The van der Waals surface area contributed by atoms with Crippen molar-refractivity contribution in [3.63, 3.8) is 0 Å². The van der Waals surface area contributed by atoms with E-state index in [1.165, 1.54) is 19.3 Å². The van der Waals surface area contributed by atoms with Crippen LogP contribution in [-0.4, -0.2) is 31.0 Å². The Morgan fingerprint density at radius 1 is 1.06 bits per heavy atom. The molecule has 0 amide bonds. The smallest absolute Gasteiger partial charge is 0.126 e. The van der Waals surface area contributed by atoms with E-state index in [-0.39, 0.29) is 11.5 Å². The summed E-state index contributed by atoms with van der Waals surface area (Å²) in [5.74, 6) is 0.220. The van der Waals surface area contributed by atoms with Crippen LogP contribution in [0.2, 0.25) is 0 Å². The molecule has 2 aliphatic heterocycles. The second-order valence-corrected chi connectivity index (χ2v) is 6.60. The van der Waals surface area contributed by atoms with Gasteiger partial charge in [0.1, 0.15) is 5.67 Å². The molecule has 2 nitrogen and oxygen atoms in total. The van der Waals surface area contributed by atoms with Gasteiger partial charge in [0.2, 0.25) is 0 Å². The summed E-state index contributed by atoms with van der Waals surface area (Å²) >= 11 is 0. The van der Waals surface area contributed by atoms with Crippen molar-refractivity contribution in [1.82, 2.24) is 5.32 Å². The molecule has 2 atom stereocenters. The van der Waals surface area contributed by atoms with E-state index in [9.17, 15) is 0 Å². The third-order valence-corrected chi connectivity index (χ3v) is 5.35. The van der Waals surface area contributed by atoms with Crippen LogP contribution in [0.25, 0.3) is 0 Å². The van der Waals surface area contributed by atoms with Crippen LogP contribution in [0.15, 0.2) is 0 Å². The van der Waals surface area contributed by atoms with Gasteiger partial charge in [0, 0.05) is 13.2 Å². The molecule has 18 heavy (non-hydrogen) atoms. The molecular formula is C15H26FNO. The van der Waals surface area contributed by atoms with Crippen molar-refractivity contribution in [1.29, 1.82) is 0 Å². The van der Waals surface area contributed by atoms with Gasteiger partial charge in [-0.15, -0.1) is 0 Å². The van der Waals surface area contributed by atoms with Crippen LogP contribution in [-0.2, 0) is 4.74 Å². The maximum absolute atomic E-state index is 15.1. The Hall–Kier alpha value is -0.150. The van der Waals surface area contributed by atoms with E-state index >= 15 is 4.39 Å². The first-order valence-electron chi connectivity index (χ1n) is 7.76. The van der Waals surface area contributed by atoms with Crippen LogP contribution in [0.4, 0.5) is 4.39 Å². The Bertz CT molecular complexity index is 263. The summed E-state index contributed by atoms with van der Waals surface area (Å²) in [5, 5.41) is 3.25. The molecule has 3 heteroatoms. The fraction of sp³-hybridized carbons (Fsp3) is 1.00. The monoisotopic (exact) mass is 255 g/mol. The highest BCUT2D eigenvalue weighted by Gasteiger charge is 2.47. The summed E-state index contributed by atoms with van der Waals surface area (Å²) in [6.07, 6.45) is 9.80. The summed E-state index contributed by atoms with van der Waals surface area (Å²) in [6, 6.07) is 0. The van der Waals surface area contributed by atoms with Crippen LogP contribution in [0.5, 0.6) is 0 Å². The Morgan fingerprint density at radius 3 is 2.61 bits per heavy atom. The molecule has 3 fully saturated rings. The lowest BCUT2D eigenvalue weighted by Gasteiger charge is -2.48. The van der Waals surface area contributed by atoms with Gasteiger partial charge < -0.3 is 10.1 Å². The highest BCUT2D eigenvalue weighted by molar-refractivity contribution is 4.99. The van der Waals surface area contributed by atoms with E-state index < -0.39 is 5.67 Å². The van der Waals surface area contributed by atoms with Gasteiger partial charge in [-0.05, 0) is 51.0 Å².